The van der Waals surface area contributed by atoms with Crippen molar-refractivity contribution in [1.29, 1.82) is 0 Å². The van der Waals surface area contributed by atoms with Crippen LogP contribution in [0.2, 0.25) is 5.02 Å². The lowest BCUT2D eigenvalue weighted by molar-refractivity contribution is 0.0955. The van der Waals surface area contributed by atoms with E-state index in [-0.39, 0.29) is 10.8 Å². The van der Waals surface area contributed by atoms with E-state index in [1.165, 1.54) is 42.6 Å². The molecule has 0 bridgehead atoms. The molecule has 0 aliphatic heterocycles. The fourth-order valence-electron chi connectivity index (χ4n) is 2.38. The maximum Gasteiger partial charge on any atom is 0.264 e. The third-order valence-corrected chi connectivity index (χ3v) is 6.80. The van der Waals surface area contributed by atoms with E-state index in [4.69, 9.17) is 11.6 Å². The first kappa shape index (κ1) is 19.3. The van der Waals surface area contributed by atoms with E-state index >= 15 is 0 Å². The van der Waals surface area contributed by atoms with Gasteiger partial charge in [0.15, 0.2) is 0 Å². The molecule has 0 aliphatic rings. The van der Waals surface area contributed by atoms with Crippen molar-refractivity contribution in [2.45, 2.75) is 11.4 Å². The molecule has 3 aromatic rings. The summed E-state index contributed by atoms with van der Waals surface area (Å²) in [6.45, 7) is 0.326. The van der Waals surface area contributed by atoms with Gasteiger partial charge < -0.3 is 5.32 Å². The van der Waals surface area contributed by atoms with Crippen LogP contribution in [0.15, 0.2) is 65.1 Å². The zero-order chi connectivity index (χ0) is 19.4. The number of halogens is 1. The second-order valence-electron chi connectivity index (χ2n) is 5.60. The summed E-state index contributed by atoms with van der Waals surface area (Å²) in [5.74, 6) is -0.338. The number of nitrogens with one attached hydrogen (secondary N) is 1. The third kappa shape index (κ3) is 4.29. The second-order valence-corrected chi connectivity index (χ2v) is 8.92. The standard InChI is InChI=1S/C18H16ClN3O3S2/c1-22(27(24,25)15-4-2-14(19)3-5-15)16-8-11-26-17(16)18(23)21-12-13-6-9-20-10-7-13/h2-11H,12H2,1H3,(H,21,23). The van der Waals surface area contributed by atoms with Gasteiger partial charge in [-0.1, -0.05) is 11.6 Å². The van der Waals surface area contributed by atoms with Crippen molar-refractivity contribution >= 4 is 44.6 Å². The lowest BCUT2D eigenvalue weighted by Gasteiger charge is -2.19. The van der Waals surface area contributed by atoms with Gasteiger partial charge in [0.05, 0.1) is 10.6 Å². The van der Waals surface area contributed by atoms with Crippen LogP contribution in [-0.2, 0) is 16.6 Å². The Labute approximate surface area is 166 Å². The van der Waals surface area contributed by atoms with Crippen molar-refractivity contribution < 1.29 is 13.2 Å². The zero-order valence-corrected chi connectivity index (χ0v) is 16.7. The van der Waals surface area contributed by atoms with E-state index in [2.05, 4.69) is 10.3 Å². The first-order valence-corrected chi connectivity index (χ1v) is 10.6. The van der Waals surface area contributed by atoms with Gasteiger partial charge in [0, 0.05) is 31.0 Å². The molecule has 3 rings (SSSR count). The molecule has 2 heterocycles. The molecule has 0 fully saturated rings. The number of sulfonamides is 1. The number of hydrogen-bond acceptors (Lipinski definition) is 5. The molecule has 0 saturated carbocycles. The molecule has 0 aliphatic carbocycles. The SMILES string of the molecule is CN(c1ccsc1C(=O)NCc1ccncc1)S(=O)(=O)c1ccc(Cl)cc1. The molecular weight excluding hydrogens is 406 g/mol. The highest BCUT2D eigenvalue weighted by Gasteiger charge is 2.26. The van der Waals surface area contributed by atoms with Gasteiger partial charge in [-0.3, -0.25) is 14.1 Å². The molecule has 27 heavy (non-hydrogen) atoms. The number of aromatic nitrogens is 1. The summed E-state index contributed by atoms with van der Waals surface area (Å²) < 4.78 is 26.8. The summed E-state index contributed by atoms with van der Waals surface area (Å²) in [5, 5.41) is 4.93. The number of benzene rings is 1. The highest BCUT2D eigenvalue weighted by atomic mass is 35.5. The Bertz CT molecular complexity index is 1040. The second kappa shape index (κ2) is 8.08. The van der Waals surface area contributed by atoms with Gasteiger partial charge >= 0.3 is 0 Å². The molecule has 0 spiro atoms. The van der Waals surface area contributed by atoms with Gasteiger partial charge in [0.25, 0.3) is 15.9 Å². The van der Waals surface area contributed by atoms with Crippen LogP contribution in [0.5, 0.6) is 0 Å². The Balaban J connectivity index is 1.81. The normalized spacial score (nSPS) is 11.2. The average Bonchev–Trinajstić information content (AvgIpc) is 3.16. The molecule has 9 heteroatoms. The largest absolute Gasteiger partial charge is 0.347 e. The third-order valence-electron chi connectivity index (χ3n) is 3.86. The van der Waals surface area contributed by atoms with Crippen LogP contribution in [-0.4, -0.2) is 26.4 Å². The van der Waals surface area contributed by atoms with Crippen molar-refractivity contribution in [3.05, 3.63) is 75.7 Å². The Morgan fingerprint density at radius 1 is 1.15 bits per heavy atom. The first-order valence-electron chi connectivity index (χ1n) is 7.88. The predicted octanol–water partition coefficient (Wildman–Crippen LogP) is 3.55. The summed E-state index contributed by atoms with van der Waals surface area (Å²) in [5.41, 5.74) is 1.22. The Hall–Kier alpha value is -2.42. The fraction of sp³-hybridized carbons (Fsp3) is 0.111. The molecule has 0 saturated heterocycles. The van der Waals surface area contributed by atoms with Gasteiger partial charge in [-0.15, -0.1) is 11.3 Å². The molecule has 0 unspecified atom stereocenters. The minimum absolute atomic E-state index is 0.101. The fourth-order valence-corrected chi connectivity index (χ4v) is 4.61. The van der Waals surface area contributed by atoms with E-state index < -0.39 is 10.0 Å². The number of hydrogen-bond donors (Lipinski definition) is 1. The number of carbonyl (C=O) groups is 1. The maximum absolute atomic E-state index is 12.8. The number of anilines is 1. The molecule has 2 aromatic heterocycles. The number of amides is 1. The van der Waals surface area contributed by atoms with Crippen molar-refractivity contribution in [3.8, 4) is 0 Å². The molecule has 0 atom stereocenters. The van der Waals surface area contributed by atoms with E-state index in [9.17, 15) is 13.2 Å². The van der Waals surface area contributed by atoms with Gasteiger partial charge in [-0.05, 0) is 53.4 Å². The summed E-state index contributed by atoms with van der Waals surface area (Å²) in [7, 11) is -2.39. The van der Waals surface area contributed by atoms with Crippen LogP contribution >= 0.6 is 22.9 Å². The smallest absolute Gasteiger partial charge is 0.264 e. The predicted molar refractivity (Wildman–Crippen MR) is 107 cm³/mol. The van der Waals surface area contributed by atoms with Crippen LogP contribution in [0.3, 0.4) is 0 Å². The monoisotopic (exact) mass is 421 g/mol. The number of rotatable bonds is 6. The molecule has 6 nitrogen and oxygen atoms in total. The zero-order valence-electron chi connectivity index (χ0n) is 14.3. The highest BCUT2D eigenvalue weighted by Crippen LogP contribution is 2.30. The molecular formula is C18H16ClN3O3S2. The lowest BCUT2D eigenvalue weighted by Crippen LogP contribution is -2.29. The summed E-state index contributed by atoms with van der Waals surface area (Å²) >= 11 is 7.01. The van der Waals surface area contributed by atoms with Crippen LogP contribution in [0.25, 0.3) is 0 Å². The topological polar surface area (TPSA) is 79.4 Å². The van der Waals surface area contributed by atoms with E-state index in [1.54, 1.807) is 36.0 Å². The summed E-state index contributed by atoms with van der Waals surface area (Å²) in [6, 6.07) is 11.1. The minimum atomic E-state index is -3.81. The number of nitrogens with zero attached hydrogens (tertiary/aromatic N) is 2. The number of pyridine rings is 1. The highest BCUT2D eigenvalue weighted by molar-refractivity contribution is 7.92. The van der Waals surface area contributed by atoms with Gasteiger partial charge in [-0.25, -0.2) is 8.42 Å². The van der Waals surface area contributed by atoms with Crippen LogP contribution < -0.4 is 9.62 Å². The Kier molecular flexibility index (Phi) is 5.79. The van der Waals surface area contributed by atoms with Crippen molar-refractivity contribution in [2.24, 2.45) is 0 Å². The quantitative estimate of drug-likeness (QED) is 0.660. The van der Waals surface area contributed by atoms with Crippen molar-refractivity contribution in [3.63, 3.8) is 0 Å². The minimum Gasteiger partial charge on any atom is -0.347 e. The number of thiophene rings is 1. The van der Waals surface area contributed by atoms with Gasteiger partial charge in [0.1, 0.15) is 4.88 Å². The molecule has 1 amide bonds. The molecule has 140 valence electrons. The van der Waals surface area contributed by atoms with E-state index in [0.29, 0.717) is 22.1 Å². The van der Waals surface area contributed by atoms with E-state index in [0.717, 1.165) is 9.87 Å². The number of carbonyl (C=O) groups excluding carboxylic acids is 1. The van der Waals surface area contributed by atoms with Gasteiger partial charge in [-0.2, -0.15) is 0 Å². The first-order chi connectivity index (χ1) is 12.9. The lowest BCUT2D eigenvalue weighted by atomic mass is 10.2. The van der Waals surface area contributed by atoms with Crippen LogP contribution in [0.4, 0.5) is 5.69 Å². The maximum atomic E-state index is 12.8. The molecule has 1 aromatic carbocycles. The van der Waals surface area contributed by atoms with Crippen LogP contribution in [0, 0.1) is 0 Å². The summed E-state index contributed by atoms with van der Waals surface area (Å²) in [6.07, 6.45) is 3.29. The average molecular weight is 422 g/mol. The molecule has 0 radical (unpaired) electrons. The molecule has 1 N–H and O–H groups in total. The van der Waals surface area contributed by atoms with E-state index in [1.807, 2.05) is 0 Å². The summed E-state index contributed by atoms with van der Waals surface area (Å²) in [4.78, 5) is 16.9. The van der Waals surface area contributed by atoms with Gasteiger partial charge in [0.2, 0.25) is 0 Å². The van der Waals surface area contributed by atoms with Crippen LogP contribution in [0.1, 0.15) is 15.2 Å². The Morgan fingerprint density at radius 2 is 1.81 bits per heavy atom. The van der Waals surface area contributed by atoms with Crippen molar-refractivity contribution in [1.82, 2.24) is 10.3 Å². The van der Waals surface area contributed by atoms with Crippen molar-refractivity contribution in [2.75, 3.05) is 11.4 Å². The Morgan fingerprint density at radius 3 is 2.48 bits per heavy atom.